The lowest BCUT2D eigenvalue weighted by Gasteiger charge is -2.11. The number of aryl methyl sites for hydroxylation is 1. The lowest BCUT2D eigenvalue weighted by molar-refractivity contribution is -0.123. The molecule has 0 aliphatic heterocycles. The lowest BCUT2D eigenvalue weighted by Crippen LogP contribution is -2.37. The number of amides is 3. The number of fused-ring (bicyclic) bond motifs is 1. The number of nitrogens with zero attached hydrogens (tertiary/aromatic N) is 1. The fraction of sp³-hybridized carbons (Fsp3) is 0.250. The van der Waals surface area contributed by atoms with Crippen LogP contribution >= 0.6 is 0 Å². The summed E-state index contributed by atoms with van der Waals surface area (Å²) in [5.41, 5.74) is 4.50. The average Bonchev–Trinajstić information content (AvgIpc) is 3.60. The first-order valence-electron chi connectivity index (χ1n) is 10.2. The number of benzene rings is 2. The summed E-state index contributed by atoms with van der Waals surface area (Å²) in [5.74, 6) is -0.962. The van der Waals surface area contributed by atoms with Crippen molar-refractivity contribution in [3.05, 3.63) is 70.9 Å². The summed E-state index contributed by atoms with van der Waals surface area (Å²) in [7, 11) is 0. The number of carbonyl (C=O) groups excluding carboxylic acids is 3. The van der Waals surface area contributed by atoms with Gasteiger partial charge < -0.3 is 10.1 Å². The van der Waals surface area contributed by atoms with Gasteiger partial charge in [-0.05, 0) is 56.0 Å². The molecule has 0 unspecified atom stereocenters. The highest BCUT2D eigenvalue weighted by Gasteiger charge is 2.27. The van der Waals surface area contributed by atoms with Crippen molar-refractivity contribution >= 4 is 34.5 Å². The fourth-order valence-corrected chi connectivity index (χ4v) is 3.36. The number of esters is 1. The van der Waals surface area contributed by atoms with Crippen LogP contribution in [0.1, 0.15) is 45.9 Å². The van der Waals surface area contributed by atoms with E-state index < -0.39 is 24.5 Å². The van der Waals surface area contributed by atoms with E-state index in [9.17, 15) is 14.4 Å². The van der Waals surface area contributed by atoms with E-state index in [0.29, 0.717) is 22.6 Å². The van der Waals surface area contributed by atoms with E-state index >= 15 is 0 Å². The number of anilines is 1. The monoisotopic (exact) mass is 417 g/mol. The van der Waals surface area contributed by atoms with E-state index in [2.05, 4.69) is 15.6 Å². The highest BCUT2D eigenvalue weighted by Crippen LogP contribution is 2.40. The molecule has 158 valence electrons. The first-order chi connectivity index (χ1) is 14.9. The van der Waals surface area contributed by atoms with Gasteiger partial charge in [0.25, 0.3) is 5.91 Å². The summed E-state index contributed by atoms with van der Waals surface area (Å²) < 4.78 is 5.19. The van der Waals surface area contributed by atoms with Crippen LogP contribution in [0.25, 0.3) is 10.9 Å². The Balaban J connectivity index is 1.39. The Morgan fingerprint density at radius 1 is 1.06 bits per heavy atom. The van der Waals surface area contributed by atoms with Crippen molar-refractivity contribution in [1.29, 1.82) is 0 Å². The van der Waals surface area contributed by atoms with E-state index in [4.69, 9.17) is 4.74 Å². The Morgan fingerprint density at radius 2 is 1.84 bits per heavy atom. The number of rotatable bonds is 5. The maximum atomic E-state index is 12.7. The first-order valence-corrected chi connectivity index (χ1v) is 10.2. The minimum atomic E-state index is -0.711. The largest absolute Gasteiger partial charge is 0.452 e. The van der Waals surface area contributed by atoms with Gasteiger partial charge >= 0.3 is 12.0 Å². The number of imide groups is 1. The van der Waals surface area contributed by atoms with Crippen LogP contribution in [-0.4, -0.2) is 29.5 Å². The molecular weight excluding hydrogens is 394 g/mol. The highest BCUT2D eigenvalue weighted by molar-refractivity contribution is 6.05. The van der Waals surface area contributed by atoms with Gasteiger partial charge in [-0.2, -0.15) is 0 Å². The third kappa shape index (κ3) is 4.71. The van der Waals surface area contributed by atoms with Crippen LogP contribution < -0.4 is 10.6 Å². The minimum Gasteiger partial charge on any atom is -0.452 e. The SMILES string of the molecule is Cc1cccc(NC(=O)NC(=O)COC(=O)c2cc(C3CC3)nc3ccccc23)c1C. The summed E-state index contributed by atoms with van der Waals surface area (Å²) in [5, 5.41) is 5.48. The quantitative estimate of drug-likeness (QED) is 0.606. The van der Waals surface area contributed by atoms with Crippen molar-refractivity contribution < 1.29 is 19.1 Å². The fourth-order valence-electron chi connectivity index (χ4n) is 3.36. The Kier molecular flexibility index (Phi) is 5.66. The normalized spacial score (nSPS) is 13.0. The van der Waals surface area contributed by atoms with Crippen molar-refractivity contribution in [2.45, 2.75) is 32.6 Å². The third-order valence-electron chi connectivity index (χ3n) is 5.39. The summed E-state index contributed by atoms with van der Waals surface area (Å²) in [6, 6.07) is 13.9. The van der Waals surface area contributed by atoms with Gasteiger partial charge in [-0.3, -0.25) is 15.1 Å². The summed E-state index contributed by atoms with van der Waals surface area (Å²) in [4.78, 5) is 41.5. The number of hydrogen-bond acceptors (Lipinski definition) is 5. The van der Waals surface area contributed by atoms with Crippen molar-refractivity contribution in [2.75, 3.05) is 11.9 Å². The molecule has 0 saturated heterocycles. The molecule has 7 nitrogen and oxygen atoms in total. The average molecular weight is 417 g/mol. The van der Waals surface area contributed by atoms with Gasteiger partial charge in [0.15, 0.2) is 6.61 Å². The molecule has 3 aromatic rings. The molecule has 2 N–H and O–H groups in total. The topological polar surface area (TPSA) is 97.4 Å². The van der Waals surface area contributed by atoms with E-state index in [1.54, 1.807) is 18.2 Å². The van der Waals surface area contributed by atoms with E-state index in [-0.39, 0.29) is 0 Å². The predicted octanol–water partition coefficient (Wildman–Crippen LogP) is 4.23. The van der Waals surface area contributed by atoms with E-state index in [0.717, 1.165) is 35.2 Å². The van der Waals surface area contributed by atoms with Gasteiger partial charge in [-0.15, -0.1) is 0 Å². The number of para-hydroxylation sites is 1. The molecule has 0 bridgehead atoms. The zero-order valence-corrected chi connectivity index (χ0v) is 17.4. The smallest absolute Gasteiger partial charge is 0.339 e. The van der Waals surface area contributed by atoms with Crippen LogP contribution in [0.4, 0.5) is 10.5 Å². The van der Waals surface area contributed by atoms with E-state index in [1.807, 2.05) is 44.2 Å². The predicted molar refractivity (Wildman–Crippen MR) is 117 cm³/mol. The standard InChI is InChI=1S/C24H23N3O4/c1-14-6-5-9-19(15(14)2)26-24(30)27-22(28)13-31-23(29)18-12-21(16-10-11-16)25-20-8-4-3-7-17(18)20/h3-9,12,16H,10-11,13H2,1-2H3,(H2,26,27,28,30). The molecule has 2 aromatic carbocycles. The lowest BCUT2D eigenvalue weighted by atomic mass is 10.1. The zero-order valence-electron chi connectivity index (χ0n) is 17.4. The molecule has 1 heterocycles. The van der Waals surface area contributed by atoms with Crippen LogP contribution in [-0.2, 0) is 9.53 Å². The van der Waals surface area contributed by atoms with E-state index in [1.165, 1.54) is 0 Å². The number of nitrogens with one attached hydrogen (secondary N) is 2. The van der Waals surface area contributed by atoms with Crippen LogP contribution in [0.3, 0.4) is 0 Å². The number of hydrogen-bond donors (Lipinski definition) is 2. The molecular formula is C24H23N3O4. The van der Waals surface area contributed by atoms with Crippen LogP contribution in [0.15, 0.2) is 48.5 Å². The van der Waals surface area contributed by atoms with Gasteiger partial charge in [-0.1, -0.05) is 30.3 Å². The summed E-state index contributed by atoms with van der Waals surface area (Å²) in [6.45, 7) is 3.25. The Labute approximate surface area is 179 Å². The molecule has 0 atom stereocenters. The van der Waals surface area contributed by atoms with Gasteiger partial charge in [0.05, 0.1) is 11.1 Å². The Hall–Kier alpha value is -3.74. The second kappa shape index (κ2) is 8.55. The Morgan fingerprint density at radius 3 is 2.61 bits per heavy atom. The molecule has 1 aromatic heterocycles. The maximum absolute atomic E-state index is 12.7. The second-order valence-corrected chi connectivity index (χ2v) is 7.71. The maximum Gasteiger partial charge on any atom is 0.339 e. The van der Waals surface area contributed by atoms with Crippen molar-refractivity contribution in [2.24, 2.45) is 0 Å². The van der Waals surface area contributed by atoms with Crippen molar-refractivity contribution in [1.82, 2.24) is 10.3 Å². The van der Waals surface area contributed by atoms with Crippen molar-refractivity contribution in [3.8, 4) is 0 Å². The number of aromatic nitrogens is 1. The molecule has 4 rings (SSSR count). The molecule has 1 fully saturated rings. The van der Waals surface area contributed by atoms with Crippen molar-refractivity contribution in [3.63, 3.8) is 0 Å². The summed E-state index contributed by atoms with van der Waals surface area (Å²) in [6.07, 6.45) is 2.11. The molecule has 31 heavy (non-hydrogen) atoms. The molecule has 1 aliphatic rings. The van der Waals surface area contributed by atoms with Gasteiger partial charge in [0, 0.05) is 22.7 Å². The van der Waals surface area contributed by atoms with Crippen LogP contribution in [0.2, 0.25) is 0 Å². The molecule has 0 radical (unpaired) electrons. The van der Waals surface area contributed by atoms with Crippen LogP contribution in [0.5, 0.6) is 0 Å². The number of pyridine rings is 1. The Bertz CT molecular complexity index is 1180. The molecule has 1 saturated carbocycles. The number of carbonyl (C=O) groups is 3. The molecule has 7 heteroatoms. The number of urea groups is 1. The van der Waals surface area contributed by atoms with Gasteiger partial charge in [-0.25, -0.2) is 9.59 Å². The van der Waals surface area contributed by atoms with Gasteiger partial charge in [0.2, 0.25) is 0 Å². The molecule has 0 spiro atoms. The van der Waals surface area contributed by atoms with Gasteiger partial charge in [0.1, 0.15) is 0 Å². The first kappa shape index (κ1) is 20.5. The summed E-state index contributed by atoms with van der Waals surface area (Å²) >= 11 is 0. The van der Waals surface area contributed by atoms with Crippen LogP contribution in [0, 0.1) is 13.8 Å². The molecule has 1 aliphatic carbocycles. The third-order valence-corrected chi connectivity index (χ3v) is 5.39. The molecule has 3 amide bonds. The number of ether oxygens (including phenoxy) is 1. The minimum absolute atomic E-state index is 0.369. The second-order valence-electron chi connectivity index (χ2n) is 7.71. The zero-order chi connectivity index (χ0) is 22.0. The highest BCUT2D eigenvalue weighted by atomic mass is 16.5.